The molecule has 0 atom stereocenters. The number of aryl methyl sites for hydroxylation is 1. The maximum Gasteiger partial charge on any atom is 0.119 e. The summed E-state index contributed by atoms with van der Waals surface area (Å²) in [6, 6.07) is 10.0. The SMILES string of the molecule is Cn1nccc1-c1nncc2ccccc12. The minimum Gasteiger partial charge on any atom is -0.266 e. The molecule has 4 heteroatoms. The minimum atomic E-state index is 0.873. The van der Waals surface area contributed by atoms with E-state index in [4.69, 9.17) is 0 Å². The quantitative estimate of drug-likeness (QED) is 0.617. The van der Waals surface area contributed by atoms with Crippen LogP contribution in [0.1, 0.15) is 0 Å². The fourth-order valence-electron chi connectivity index (χ4n) is 1.82. The predicted molar refractivity (Wildman–Crippen MR) is 61.7 cm³/mol. The molecule has 0 fully saturated rings. The number of fused-ring (bicyclic) bond motifs is 1. The van der Waals surface area contributed by atoms with E-state index in [2.05, 4.69) is 15.3 Å². The van der Waals surface area contributed by atoms with Gasteiger partial charge in [0.1, 0.15) is 5.69 Å². The highest BCUT2D eigenvalue weighted by atomic mass is 15.3. The molecule has 0 saturated carbocycles. The first-order valence-corrected chi connectivity index (χ1v) is 5.05. The topological polar surface area (TPSA) is 43.6 Å². The van der Waals surface area contributed by atoms with E-state index in [1.165, 1.54) is 0 Å². The zero-order chi connectivity index (χ0) is 11.0. The molecular weight excluding hydrogens is 200 g/mol. The highest BCUT2D eigenvalue weighted by molar-refractivity contribution is 5.92. The van der Waals surface area contributed by atoms with Crippen LogP contribution in [0.4, 0.5) is 0 Å². The number of hydrogen-bond acceptors (Lipinski definition) is 3. The Hall–Kier alpha value is -2.23. The van der Waals surface area contributed by atoms with E-state index in [1.54, 1.807) is 17.1 Å². The molecular formula is C12H10N4. The van der Waals surface area contributed by atoms with E-state index in [0.717, 1.165) is 22.2 Å². The lowest BCUT2D eigenvalue weighted by molar-refractivity contribution is 0.772. The lowest BCUT2D eigenvalue weighted by Crippen LogP contribution is -1.97. The maximum absolute atomic E-state index is 4.20. The van der Waals surface area contributed by atoms with Gasteiger partial charge in [0, 0.05) is 24.0 Å². The van der Waals surface area contributed by atoms with Gasteiger partial charge in [0.25, 0.3) is 0 Å². The van der Waals surface area contributed by atoms with E-state index in [1.807, 2.05) is 37.4 Å². The normalized spacial score (nSPS) is 10.8. The van der Waals surface area contributed by atoms with E-state index in [-0.39, 0.29) is 0 Å². The van der Waals surface area contributed by atoms with Gasteiger partial charge in [0.15, 0.2) is 0 Å². The lowest BCUT2D eigenvalue weighted by Gasteiger charge is -2.04. The molecule has 0 aliphatic heterocycles. The zero-order valence-corrected chi connectivity index (χ0v) is 8.83. The second kappa shape index (κ2) is 3.41. The molecule has 2 heterocycles. The van der Waals surface area contributed by atoms with Crippen molar-refractivity contribution in [2.75, 3.05) is 0 Å². The molecule has 16 heavy (non-hydrogen) atoms. The van der Waals surface area contributed by atoms with Gasteiger partial charge in [-0.15, -0.1) is 5.10 Å². The highest BCUT2D eigenvalue weighted by Gasteiger charge is 2.08. The Kier molecular flexibility index (Phi) is 1.93. The van der Waals surface area contributed by atoms with E-state index in [0.29, 0.717) is 0 Å². The monoisotopic (exact) mass is 210 g/mol. The fraction of sp³-hybridized carbons (Fsp3) is 0.0833. The molecule has 0 N–H and O–H groups in total. The van der Waals surface area contributed by atoms with Gasteiger partial charge in [-0.05, 0) is 6.07 Å². The van der Waals surface area contributed by atoms with Crippen LogP contribution in [-0.4, -0.2) is 20.0 Å². The van der Waals surface area contributed by atoms with Crippen LogP contribution >= 0.6 is 0 Å². The Morgan fingerprint density at radius 3 is 2.81 bits per heavy atom. The summed E-state index contributed by atoms with van der Waals surface area (Å²) < 4.78 is 1.80. The maximum atomic E-state index is 4.20. The summed E-state index contributed by atoms with van der Waals surface area (Å²) in [5, 5.41) is 14.6. The number of benzene rings is 1. The molecule has 2 aromatic heterocycles. The summed E-state index contributed by atoms with van der Waals surface area (Å²) in [5.41, 5.74) is 1.85. The molecule has 0 amide bonds. The van der Waals surface area contributed by atoms with Gasteiger partial charge in [-0.25, -0.2) is 0 Å². The summed E-state index contributed by atoms with van der Waals surface area (Å²) in [4.78, 5) is 0. The summed E-state index contributed by atoms with van der Waals surface area (Å²) in [7, 11) is 1.90. The van der Waals surface area contributed by atoms with Crippen LogP contribution in [0.25, 0.3) is 22.2 Å². The van der Waals surface area contributed by atoms with Crippen LogP contribution in [0.2, 0.25) is 0 Å². The van der Waals surface area contributed by atoms with Gasteiger partial charge in [-0.2, -0.15) is 10.2 Å². The molecule has 0 saturated heterocycles. The van der Waals surface area contributed by atoms with Crippen LogP contribution in [0, 0.1) is 0 Å². The summed E-state index contributed by atoms with van der Waals surface area (Å²) in [6.07, 6.45) is 3.54. The third kappa shape index (κ3) is 1.27. The van der Waals surface area contributed by atoms with E-state index >= 15 is 0 Å². The molecule has 0 aliphatic carbocycles. The average Bonchev–Trinajstić information content (AvgIpc) is 2.75. The van der Waals surface area contributed by atoms with Crippen molar-refractivity contribution < 1.29 is 0 Å². The zero-order valence-electron chi connectivity index (χ0n) is 8.83. The van der Waals surface area contributed by atoms with Crippen LogP contribution in [0.15, 0.2) is 42.7 Å². The molecule has 0 unspecified atom stereocenters. The first-order chi connectivity index (χ1) is 7.86. The van der Waals surface area contributed by atoms with Crippen molar-refractivity contribution >= 4 is 10.8 Å². The first kappa shape index (κ1) is 9.03. The molecule has 3 aromatic rings. The Morgan fingerprint density at radius 1 is 1.12 bits per heavy atom. The Labute approximate surface area is 92.6 Å². The minimum absolute atomic E-state index is 0.873. The molecule has 0 aliphatic rings. The lowest BCUT2D eigenvalue weighted by atomic mass is 10.1. The van der Waals surface area contributed by atoms with Gasteiger partial charge in [0.2, 0.25) is 0 Å². The molecule has 78 valence electrons. The van der Waals surface area contributed by atoms with Crippen molar-refractivity contribution in [1.82, 2.24) is 20.0 Å². The number of rotatable bonds is 1. The van der Waals surface area contributed by atoms with Gasteiger partial charge < -0.3 is 0 Å². The smallest absolute Gasteiger partial charge is 0.119 e. The third-order valence-corrected chi connectivity index (χ3v) is 2.63. The van der Waals surface area contributed by atoms with Crippen molar-refractivity contribution in [1.29, 1.82) is 0 Å². The van der Waals surface area contributed by atoms with Crippen molar-refractivity contribution in [3.8, 4) is 11.4 Å². The van der Waals surface area contributed by atoms with Gasteiger partial charge in [-0.1, -0.05) is 24.3 Å². The van der Waals surface area contributed by atoms with Crippen LogP contribution in [-0.2, 0) is 7.05 Å². The van der Waals surface area contributed by atoms with Gasteiger partial charge in [0.05, 0.1) is 11.9 Å². The van der Waals surface area contributed by atoms with Crippen molar-refractivity contribution in [3.63, 3.8) is 0 Å². The number of nitrogens with zero attached hydrogens (tertiary/aromatic N) is 4. The Balaban J connectivity index is 2.36. The molecule has 3 rings (SSSR count). The summed E-state index contributed by atoms with van der Waals surface area (Å²) in [5.74, 6) is 0. The van der Waals surface area contributed by atoms with E-state index in [9.17, 15) is 0 Å². The second-order valence-electron chi connectivity index (χ2n) is 3.62. The van der Waals surface area contributed by atoms with Gasteiger partial charge >= 0.3 is 0 Å². The molecule has 4 nitrogen and oxygen atoms in total. The summed E-state index contributed by atoms with van der Waals surface area (Å²) >= 11 is 0. The van der Waals surface area contributed by atoms with E-state index < -0.39 is 0 Å². The van der Waals surface area contributed by atoms with Crippen LogP contribution < -0.4 is 0 Å². The third-order valence-electron chi connectivity index (χ3n) is 2.63. The summed E-state index contributed by atoms with van der Waals surface area (Å²) in [6.45, 7) is 0. The fourth-order valence-corrected chi connectivity index (χ4v) is 1.82. The average molecular weight is 210 g/mol. The van der Waals surface area contributed by atoms with Gasteiger partial charge in [-0.3, -0.25) is 4.68 Å². The Bertz CT molecular complexity index is 637. The van der Waals surface area contributed by atoms with Crippen molar-refractivity contribution in [3.05, 3.63) is 42.7 Å². The van der Waals surface area contributed by atoms with Crippen LogP contribution in [0.3, 0.4) is 0 Å². The molecule has 0 spiro atoms. The largest absolute Gasteiger partial charge is 0.266 e. The second-order valence-corrected chi connectivity index (χ2v) is 3.62. The van der Waals surface area contributed by atoms with Crippen molar-refractivity contribution in [2.24, 2.45) is 7.05 Å². The Morgan fingerprint density at radius 2 is 2.00 bits per heavy atom. The molecule has 0 radical (unpaired) electrons. The van der Waals surface area contributed by atoms with Crippen LogP contribution in [0.5, 0.6) is 0 Å². The highest BCUT2D eigenvalue weighted by Crippen LogP contribution is 2.24. The van der Waals surface area contributed by atoms with Crippen molar-refractivity contribution in [2.45, 2.75) is 0 Å². The number of hydrogen-bond donors (Lipinski definition) is 0. The standard InChI is InChI=1S/C12H10N4/c1-16-11(6-7-14-16)12-10-5-3-2-4-9(10)8-13-15-12/h2-8H,1H3. The predicted octanol–water partition coefficient (Wildman–Crippen LogP) is 2.03. The number of aromatic nitrogens is 4. The molecule has 0 bridgehead atoms. The molecule has 1 aromatic carbocycles. The first-order valence-electron chi connectivity index (χ1n) is 5.05.